The van der Waals surface area contributed by atoms with Crippen LogP contribution in [-0.4, -0.2) is 13.4 Å². The van der Waals surface area contributed by atoms with Crippen LogP contribution in [0, 0.1) is 9.39 Å². The Labute approximate surface area is 118 Å². The SMILES string of the molecule is COc1ccc(F)c(-c2ccc(C=O)cc2I)c1. The zero-order valence-corrected chi connectivity index (χ0v) is 11.8. The van der Waals surface area contributed by atoms with Crippen LogP contribution in [0.1, 0.15) is 10.4 Å². The molecule has 0 unspecified atom stereocenters. The molecule has 2 aromatic rings. The van der Waals surface area contributed by atoms with Gasteiger partial charge in [0.05, 0.1) is 7.11 Å². The standard InChI is InChI=1S/C14H10FIO2/c1-18-10-3-5-13(15)12(7-10)11-4-2-9(8-17)6-14(11)16/h2-8H,1H3. The van der Waals surface area contributed by atoms with Crippen LogP contribution in [0.15, 0.2) is 36.4 Å². The molecule has 0 atom stereocenters. The van der Waals surface area contributed by atoms with E-state index < -0.39 is 0 Å². The van der Waals surface area contributed by atoms with Crippen LogP contribution in [0.2, 0.25) is 0 Å². The third-order valence-corrected chi connectivity index (χ3v) is 3.49. The zero-order chi connectivity index (χ0) is 13.1. The summed E-state index contributed by atoms with van der Waals surface area (Å²) in [6, 6.07) is 9.73. The molecule has 2 rings (SSSR count). The van der Waals surface area contributed by atoms with Crippen molar-refractivity contribution in [3.8, 4) is 16.9 Å². The number of carbonyl (C=O) groups excluding carboxylic acids is 1. The normalized spacial score (nSPS) is 10.2. The molecule has 92 valence electrons. The predicted octanol–water partition coefficient (Wildman–Crippen LogP) is 3.92. The summed E-state index contributed by atoms with van der Waals surface area (Å²) in [5.74, 6) is 0.286. The van der Waals surface area contributed by atoms with Crippen LogP contribution in [0.3, 0.4) is 0 Å². The van der Waals surface area contributed by atoms with Crippen molar-refractivity contribution in [1.29, 1.82) is 0 Å². The summed E-state index contributed by atoms with van der Waals surface area (Å²) in [6.45, 7) is 0. The summed E-state index contributed by atoms with van der Waals surface area (Å²) < 4.78 is 19.7. The number of benzene rings is 2. The van der Waals surface area contributed by atoms with Gasteiger partial charge in [-0.15, -0.1) is 0 Å². The first-order valence-corrected chi connectivity index (χ1v) is 6.32. The molecule has 0 radical (unpaired) electrons. The van der Waals surface area contributed by atoms with Crippen molar-refractivity contribution in [2.75, 3.05) is 7.11 Å². The highest BCUT2D eigenvalue weighted by Gasteiger charge is 2.10. The minimum Gasteiger partial charge on any atom is -0.497 e. The largest absolute Gasteiger partial charge is 0.497 e. The number of hydrogen-bond donors (Lipinski definition) is 0. The molecule has 2 aromatic carbocycles. The Kier molecular flexibility index (Phi) is 3.96. The van der Waals surface area contributed by atoms with Gasteiger partial charge in [-0.25, -0.2) is 4.39 Å². The lowest BCUT2D eigenvalue weighted by atomic mass is 10.0. The highest BCUT2D eigenvalue weighted by molar-refractivity contribution is 14.1. The predicted molar refractivity (Wildman–Crippen MR) is 76.5 cm³/mol. The molecule has 0 aromatic heterocycles. The molecule has 0 aliphatic heterocycles. The van der Waals surface area contributed by atoms with Gasteiger partial charge in [0.25, 0.3) is 0 Å². The first-order valence-electron chi connectivity index (χ1n) is 5.24. The van der Waals surface area contributed by atoms with Crippen LogP contribution in [-0.2, 0) is 0 Å². The topological polar surface area (TPSA) is 26.3 Å². The molecule has 0 bridgehead atoms. The van der Waals surface area contributed by atoms with Gasteiger partial charge in [0.2, 0.25) is 0 Å². The highest BCUT2D eigenvalue weighted by atomic mass is 127. The van der Waals surface area contributed by atoms with Crippen LogP contribution >= 0.6 is 22.6 Å². The molecule has 0 spiro atoms. The van der Waals surface area contributed by atoms with E-state index in [9.17, 15) is 9.18 Å². The second-order valence-electron chi connectivity index (χ2n) is 3.70. The minimum atomic E-state index is -0.312. The molecular formula is C14H10FIO2. The molecule has 0 aliphatic carbocycles. The van der Waals surface area contributed by atoms with Crippen molar-refractivity contribution >= 4 is 28.9 Å². The second kappa shape index (κ2) is 5.48. The van der Waals surface area contributed by atoms with Gasteiger partial charge >= 0.3 is 0 Å². The molecule has 0 saturated carbocycles. The number of carbonyl (C=O) groups is 1. The maximum Gasteiger partial charge on any atom is 0.150 e. The lowest BCUT2D eigenvalue weighted by Gasteiger charge is -2.09. The molecular weight excluding hydrogens is 346 g/mol. The van der Waals surface area contributed by atoms with Gasteiger partial charge in [-0.3, -0.25) is 4.79 Å². The van der Waals surface area contributed by atoms with Gasteiger partial charge in [-0.1, -0.05) is 12.1 Å². The molecule has 0 fully saturated rings. The third-order valence-electron chi connectivity index (χ3n) is 2.59. The van der Waals surface area contributed by atoms with Crippen molar-refractivity contribution in [1.82, 2.24) is 0 Å². The average Bonchev–Trinajstić information content (AvgIpc) is 2.39. The quantitative estimate of drug-likeness (QED) is 0.616. The van der Waals surface area contributed by atoms with E-state index in [0.717, 1.165) is 15.4 Å². The fraction of sp³-hybridized carbons (Fsp3) is 0.0714. The minimum absolute atomic E-state index is 0.312. The van der Waals surface area contributed by atoms with E-state index >= 15 is 0 Å². The maximum absolute atomic E-state index is 13.8. The summed E-state index contributed by atoms with van der Waals surface area (Å²) in [5, 5.41) is 0. The zero-order valence-electron chi connectivity index (χ0n) is 9.61. The lowest BCUT2D eigenvalue weighted by Crippen LogP contribution is -1.91. The molecule has 0 aliphatic rings. The Morgan fingerprint density at radius 1 is 1.17 bits per heavy atom. The van der Waals surface area contributed by atoms with Gasteiger partial charge in [0, 0.05) is 14.7 Å². The number of aldehydes is 1. The summed E-state index contributed by atoms with van der Waals surface area (Å²) in [4.78, 5) is 10.7. The number of halogens is 2. The smallest absolute Gasteiger partial charge is 0.150 e. The van der Waals surface area contributed by atoms with Crippen molar-refractivity contribution in [3.05, 3.63) is 51.3 Å². The summed E-state index contributed by atoms with van der Waals surface area (Å²) >= 11 is 2.09. The summed E-state index contributed by atoms with van der Waals surface area (Å²) in [7, 11) is 1.54. The Morgan fingerprint density at radius 3 is 2.56 bits per heavy atom. The number of hydrogen-bond acceptors (Lipinski definition) is 2. The molecule has 4 heteroatoms. The first kappa shape index (κ1) is 13.0. The van der Waals surface area contributed by atoms with Gasteiger partial charge in [-0.05, 0) is 52.4 Å². The van der Waals surface area contributed by atoms with E-state index in [2.05, 4.69) is 22.6 Å². The van der Waals surface area contributed by atoms with Gasteiger partial charge in [0.15, 0.2) is 0 Å². The van der Waals surface area contributed by atoms with Gasteiger partial charge in [0.1, 0.15) is 17.9 Å². The fourth-order valence-corrected chi connectivity index (χ4v) is 2.49. The molecule has 0 heterocycles. The Bertz CT molecular complexity index is 596. The maximum atomic E-state index is 13.8. The Balaban J connectivity index is 2.57. The van der Waals surface area contributed by atoms with Crippen molar-refractivity contribution < 1.29 is 13.9 Å². The molecule has 0 amide bonds. The Morgan fingerprint density at radius 2 is 1.94 bits per heavy atom. The second-order valence-corrected chi connectivity index (χ2v) is 4.87. The lowest BCUT2D eigenvalue weighted by molar-refractivity contribution is 0.112. The van der Waals surface area contributed by atoms with Crippen LogP contribution < -0.4 is 4.74 Å². The fourth-order valence-electron chi connectivity index (χ4n) is 1.66. The monoisotopic (exact) mass is 356 g/mol. The number of ether oxygens (including phenoxy) is 1. The van der Waals surface area contributed by atoms with Crippen LogP contribution in [0.25, 0.3) is 11.1 Å². The van der Waals surface area contributed by atoms with Gasteiger partial charge < -0.3 is 4.74 Å². The van der Waals surface area contributed by atoms with E-state index in [4.69, 9.17) is 4.74 Å². The van der Waals surface area contributed by atoms with Crippen molar-refractivity contribution in [2.24, 2.45) is 0 Å². The Hall–Kier alpha value is -1.43. The molecule has 0 N–H and O–H groups in total. The van der Waals surface area contributed by atoms with E-state index in [1.165, 1.54) is 13.2 Å². The van der Waals surface area contributed by atoms with E-state index in [1.807, 2.05) is 0 Å². The van der Waals surface area contributed by atoms with Gasteiger partial charge in [-0.2, -0.15) is 0 Å². The molecule has 18 heavy (non-hydrogen) atoms. The van der Waals surface area contributed by atoms with Crippen molar-refractivity contribution in [2.45, 2.75) is 0 Å². The summed E-state index contributed by atoms with van der Waals surface area (Å²) in [6.07, 6.45) is 0.772. The van der Waals surface area contributed by atoms with E-state index in [0.29, 0.717) is 16.9 Å². The molecule has 0 saturated heterocycles. The summed E-state index contributed by atoms with van der Waals surface area (Å²) in [5.41, 5.74) is 1.79. The average molecular weight is 356 g/mol. The van der Waals surface area contributed by atoms with Crippen LogP contribution in [0.4, 0.5) is 4.39 Å². The van der Waals surface area contributed by atoms with E-state index in [1.54, 1.807) is 30.3 Å². The highest BCUT2D eigenvalue weighted by Crippen LogP contribution is 2.30. The molecule has 2 nitrogen and oxygen atoms in total. The van der Waals surface area contributed by atoms with E-state index in [-0.39, 0.29) is 5.82 Å². The number of rotatable bonds is 3. The first-order chi connectivity index (χ1) is 8.65. The number of methoxy groups -OCH3 is 1. The third kappa shape index (κ3) is 2.53. The van der Waals surface area contributed by atoms with Crippen LogP contribution in [0.5, 0.6) is 5.75 Å². The van der Waals surface area contributed by atoms with Crippen molar-refractivity contribution in [3.63, 3.8) is 0 Å².